The van der Waals surface area contributed by atoms with E-state index in [0.717, 1.165) is 0 Å². The average Bonchev–Trinajstić information content (AvgIpc) is 3.13. The summed E-state index contributed by atoms with van der Waals surface area (Å²) in [6, 6.07) is 32.5. The van der Waals surface area contributed by atoms with E-state index in [1.54, 1.807) is 8.79 Å². The molecule has 1 nitrogen and oxygen atoms in total. The number of hydrogen-bond donors (Lipinski definition) is 0. The Morgan fingerprint density at radius 1 is 0.692 bits per heavy atom. The Balaban J connectivity index is 1.50. The summed E-state index contributed by atoms with van der Waals surface area (Å²) in [7, 11) is 0. The van der Waals surface area contributed by atoms with Gasteiger partial charge >= 0.3 is 241 Å². The van der Waals surface area contributed by atoms with E-state index >= 15 is 0 Å². The van der Waals surface area contributed by atoms with Gasteiger partial charge in [-0.1, -0.05) is 0 Å². The van der Waals surface area contributed by atoms with E-state index < -0.39 is 26.5 Å². The van der Waals surface area contributed by atoms with E-state index in [9.17, 15) is 0 Å². The van der Waals surface area contributed by atoms with Crippen LogP contribution >= 0.6 is 0 Å². The summed E-state index contributed by atoms with van der Waals surface area (Å²) in [5, 5.41) is 2.64. The molecule has 1 aromatic heterocycles. The number of nitrogens with zero attached hydrogens (tertiary/aromatic N) is 1. The molecule has 0 aliphatic carbocycles. The predicted octanol–water partition coefficient (Wildman–Crippen LogP) is 8.21. The molecule has 0 spiro atoms. The molecule has 0 saturated carbocycles. The molecular formula is C36H39Ge2N. The van der Waals surface area contributed by atoms with E-state index in [1.165, 1.54) is 54.2 Å². The fraction of sp³-hybridized carbons (Fsp3) is 0.250. The van der Waals surface area contributed by atoms with Gasteiger partial charge < -0.3 is 0 Å². The van der Waals surface area contributed by atoms with Crippen molar-refractivity contribution in [2.45, 2.75) is 55.0 Å². The summed E-state index contributed by atoms with van der Waals surface area (Å²) in [6.45, 7) is 6.95. The first-order valence-corrected chi connectivity index (χ1v) is 27.8. The maximum atomic E-state index is 5.09. The van der Waals surface area contributed by atoms with E-state index in [4.69, 9.17) is 4.98 Å². The summed E-state index contributed by atoms with van der Waals surface area (Å²) >= 11 is -4.47. The Kier molecular flexibility index (Phi) is 6.28. The first-order chi connectivity index (χ1) is 18.4. The molecule has 6 rings (SSSR count). The first-order valence-electron chi connectivity index (χ1n) is 14.1. The number of fused-ring (bicyclic) bond motifs is 4. The van der Waals surface area contributed by atoms with Gasteiger partial charge in [-0.05, 0) is 0 Å². The Morgan fingerprint density at radius 2 is 1.38 bits per heavy atom. The van der Waals surface area contributed by atoms with Gasteiger partial charge in [0.05, 0.1) is 0 Å². The van der Waals surface area contributed by atoms with Gasteiger partial charge in [-0.25, -0.2) is 0 Å². The molecule has 0 radical (unpaired) electrons. The Morgan fingerprint density at radius 3 is 2.08 bits per heavy atom. The maximum absolute atomic E-state index is 5.09. The van der Waals surface area contributed by atoms with E-state index in [2.05, 4.69) is 134 Å². The molecule has 39 heavy (non-hydrogen) atoms. The fourth-order valence-electron chi connectivity index (χ4n) is 6.38. The number of hydrogen-bond acceptors (Lipinski definition) is 1. The molecule has 0 bridgehead atoms. The Labute approximate surface area is 239 Å². The van der Waals surface area contributed by atoms with Crippen LogP contribution < -0.4 is 13.2 Å². The van der Waals surface area contributed by atoms with Crippen LogP contribution in [0.15, 0.2) is 91.1 Å². The third-order valence-corrected chi connectivity index (χ3v) is 20.3. The van der Waals surface area contributed by atoms with Gasteiger partial charge in [0.25, 0.3) is 0 Å². The monoisotopic (exact) mass is 633 g/mol. The zero-order valence-corrected chi connectivity index (χ0v) is 28.8. The van der Waals surface area contributed by atoms with Crippen LogP contribution in [0.3, 0.4) is 0 Å². The van der Waals surface area contributed by atoms with Gasteiger partial charge in [0.1, 0.15) is 0 Å². The Hall–Kier alpha value is -2.62. The number of pyridine rings is 1. The van der Waals surface area contributed by atoms with Crippen molar-refractivity contribution < 1.29 is 0 Å². The Bertz CT molecular complexity index is 1730. The topological polar surface area (TPSA) is 12.9 Å². The van der Waals surface area contributed by atoms with Gasteiger partial charge in [-0.15, -0.1) is 0 Å². The van der Waals surface area contributed by atoms with Crippen molar-refractivity contribution in [1.29, 1.82) is 0 Å². The number of rotatable bonds is 3. The van der Waals surface area contributed by atoms with Gasteiger partial charge in [0.2, 0.25) is 0 Å². The van der Waals surface area contributed by atoms with Crippen LogP contribution in [0.25, 0.3) is 44.3 Å². The zero-order valence-electron chi connectivity index (χ0n) is 24.6. The summed E-state index contributed by atoms with van der Waals surface area (Å²) in [6.07, 6.45) is 2.03. The number of aromatic nitrogens is 1. The molecule has 5 aromatic rings. The average molecular weight is 631 g/mol. The minimum atomic E-state index is -2.64. The van der Waals surface area contributed by atoms with Crippen LogP contribution in [0.2, 0.25) is 28.8 Å². The van der Waals surface area contributed by atoms with Gasteiger partial charge in [0, 0.05) is 0 Å². The second kappa shape index (κ2) is 9.21. The van der Waals surface area contributed by atoms with E-state index in [1.807, 2.05) is 6.20 Å². The zero-order chi connectivity index (χ0) is 27.7. The minimum absolute atomic E-state index is 0.0499. The van der Waals surface area contributed by atoms with Crippen molar-refractivity contribution in [2.24, 2.45) is 0 Å². The van der Waals surface area contributed by atoms with Crippen LogP contribution in [0.1, 0.15) is 26.3 Å². The van der Waals surface area contributed by atoms with Crippen molar-refractivity contribution in [2.75, 3.05) is 0 Å². The van der Waals surface area contributed by atoms with Crippen molar-refractivity contribution in [1.82, 2.24) is 4.98 Å². The summed E-state index contributed by atoms with van der Waals surface area (Å²) in [4.78, 5) is 5.09. The van der Waals surface area contributed by atoms with Gasteiger partial charge in [0.15, 0.2) is 0 Å². The van der Waals surface area contributed by atoms with Crippen LogP contribution in [0.4, 0.5) is 0 Å². The van der Waals surface area contributed by atoms with Gasteiger partial charge in [-0.3, -0.25) is 0 Å². The van der Waals surface area contributed by atoms with Crippen molar-refractivity contribution in [3.05, 3.63) is 96.7 Å². The molecule has 0 N–H and O–H groups in total. The molecule has 1 aliphatic rings. The fourth-order valence-corrected chi connectivity index (χ4v) is 15.9. The normalized spacial score (nSPS) is 14.4. The first kappa shape index (κ1) is 26.6. The second-order valence-corrected chi connectivity index (χ2v) is 33.4. The van der Waals surface area contributed by atoms with Crippen LogP contribution in [0.5, 0.6) is 0 Å². The number of benzene rings is 4. The SMILES string of the molecule is CC(C)(C)c1cc(-c2nccc3[c]2[Ge]([CH3])([CH3])[c]2cc(-c4cc[c]([Ge]([CH3])([CH3])[CH3])cc4)ccc2-3)cc2ccccc12. The summed E-state index contributed by atoms with van der Waals surface area (Å²) < 4.78 is 4.66. The summed E-state index contributed by atoms with van der Waals surface area (Å²) in [5.41, 5.74) is 9.36. The van der Waals surface area contributed by atoms with Gasteiger partial charge in [-0.2, -0.15) is 0 Å². The molecule has 196 valence electrons. The van der Waals surface area contributed by atoms with E-state index in [-0.39, 0.29) is 5.41 Å². The predicted molar refractivity (Wildman–Crippen MR) is 176 cm³/mol. The molecule has 0 amide bonds. The van der Waals surface area contributed by atoms with Crippen LogP contribution in [-0.4, -0.2) is 31.5 Å². The molecule has 0 unspecified atom stereocenters. The van der Waals surface area contributed by atoms with E-state index in [0.29, 0.717) is 0 Å². The third-order valence-electron chi connectivity index (χ3n) is 8.59. The summed E-state index contributed by atoms with van der Waals surface area (Å²) in [5.74, 6) is 12.5. The molecule has 0 atom stereocenters. The third kappa shape index (κ3) is 4.52. The second-order valence-electron chi connectivity index (χ2n) is 13.8. The molecular weight excluding hydrogens is 592 g/mol. The molecule has 2 heterocycles. The molecule has 3 heteroatoms. The van der Waals surface area contributed by atoms with Crippen molar-refractivity contribution >= 4 is 50.5 Å². The standard InChI is InChI=1S/C36H39Ge2N/c1-36(2,3)32-22-27(21-26-11-9-10-12-29(26)32)35-34-31(19-20-39-35)30-18-15-25(23-33(30)38(34,7)8)24-13-16-28(17-14-24)37(4,5)6/h9-23H,1-8H3. The van der Waals surface area contributed by atoms with Crippen molar-refractivity contribution in [3.63, 3.8) is 0 Å². The molecule has 1 aliphatic heterocycles. The van der Waals surface area contributed by atoms with Crippen molar-refractivity contribution in [3.8, 4) is 33.5 Å². The molecule has 4 aromatic carbocycles. The van der Waals surface area contributed by atoms with Crippen LogP contribution in [0, 0.1) is 0 Å². The molecule has 0 fully saturated rings. The molecule has 0 saturated heterocycles. The quantitative estimate of drug-likeness (QED) is 0.183. The van der Waals surface area contributed by atoms with Crippen LogP contribution in [-0.2, 0) is 5.41 Å².